The minimum atomic E-state index is -0.351. The molecule has 116 valence electrons. The smallest absolute Gasteiger partial charge is 0.252 e. The first kappa shape index (κ1) is 13.8. The zero-order valence-electron chi connectivity index (χ0n) is 13.2. The number of nitrogens with one attached hydrogen (secondary N) is 2. The lowest BCUT2D eigenvalue weighted by molar-refractivity contribution is 0.0940. The fraction of sp³-hybridized carbons (Fsp3) is 0.222. The number of benzene rings is 1. The Bertz CT molecular complexity index is 941. The van der Waals surface area contributed by atoms with Crippen LogP contribution in [0.4, 0.5) is 0 Å². The third-order valence-corrected chi connectivity index (χ3v) is 4.40. The van der Waals surface area contributed by atoms with Gasteiger partial charge in [0.1, 0.15) is 5.65 Å². The predicted molar refractivity (Wildman–Crippen MR) is 88.6 cm³/mol. The van der Waals surface area contributed by atoms with Crippen molar-refractivity contribution in [3.63, 3.8) is 0 Å². The van der Waals surface area contributed by atoms with Crippen LogP contribution in [0.25, 0.3) is 22.2 Å². The molecule has 0 unspecified atom stereocenters. The Morgan fingerprint density at radius 2 is 1.96 bits per heavy atom. The summed E-state index contributed by atoms with van der Waals surface area (Å²) in [6.45, 7) is 4.03. The average molecular weight is 307 g/mol. The van der Waals surface area contributed by atoms with Crippen molar-refractivity contribution in [3.8, 4) is 17.0 Å². The van der Waals surface area contributed by atoms with E-state index in [-0.39, 0.29) is 11.4 Å². The molecule has 2 N–H and O–H groups in total. The molecule has 0 spiro atoms. The lowest BCUT2D eigenvalue weighted by Crippen LogP contribution is -2.32. The highest BCUT2D eigenvalue weighted by Crippen LogP contribution is 2.36. The first-order chi connectivity index (χ1) is 11.0. The first-order valence-corrected chi connectivity index (χ1v) is 7.49. The van der Waals surface area contributed by atoms with E-state index in [2.05, 4.69) is 21.4 Å². The maximum atomic E-state index is 12.0. The number of methoxy groups -OCH3 is 1. The Morgan fingerprint density at radius 3 is 2.74 bits per heavy atom. The lowest BCUT2D eigenvalue weighted by atomic mass is 9.91. The molecule has 0 aliphatic carbocycles. The van der Waals surface area contributed by atoms with Crippen LogP contribution in [-0.4, -0.2) is 23.0 Å². The SMILES string of the molecule is COc1ccc2c(-c3ccc4c(c3)C(C)(C)NC4=O)c[nH]c2n1. The van der Waals surface area contributed by atoms with Crippen LogP contribution in [0.3, 0.4) is 0 Å². The van der Waals surface area contributed by atoms with Gasteiger partial charge in [-0.15, -0.1) is 0 Å². The molecule has 1 aliphatic rings. The van der Waals surface area contributed by atoms with Crippen molar-refractivity contribution < 1.29 is 9.53 Å². The third-order valence-electron chi connectivity index (χ3n) is 4.40. The molecule has 1 aromatic carbocycles. The number of aromatic amines is 1. The third kappa shape index (κ3) is 2.00. The molecule has 0 bridgehead atoms. The van der Waals surface area contributed by atoms with Crippen molar-refractivity contribution in [2.24, 2.45) is 0 Å². The molecular weight excluding hydrogens is 290 g/mol. The van der Waals surface area contributed by atoms with Gasteiger partial charge < -0.3 is 15.0 Å². The number of hydrogen-bond donors (Lipinski definition) is 2. The van der Waals surface area contributed by atoms with Gasteiger partial charge in [0.05, 0.1) is 12.6 Å². The van der Waals surface area contributed by atoms with Gasteiger partial charge in [0.15, 0.2) is 0 Å². The summed E-state index contributed by atoms with van der Waals surface area (Å²) in [5, 5.41) is 4.04. The molecule has 3 heterocycles. The van der Waals surface area contributed by atoms with Crippen LogP contribution in [0.1, 0.15) is 29.8 Å². The largest absolute Gasteiger partial charge is 0.481 e. The Balaban J connectivity index is 1.88. The summed E-state index contributed by atoms with van der Waals surface area (Å²) in [5.74, 6) is 0.567. The number of fused-ring (bicyclic) bond motifs is 2. The number of carbonyl (C=O) groups excluding carboxylic acids is 1. The molecule has 0 saturated heterocycles. The van der Waals surface area contributed by atoms with Gasteiger partial charge in [-0.3, -0.25) is 4.79 Å². The van der Waals surface area contributed by atoms with Gasteiger partial charge in [0, 0.05) is 28.8 Å². The minimum absolute atomic E-state index is 0.0121. The number of carbonyl (C=O) groups is 1. The number of rotatable bonds is 2. The topological polar surface area (TPSA) is 67.0 Å². The van der Waals surface area contributed by atoms with Crippen molar-refractivity contribution in [2.75, 3.05) is 7.11 Å². The van der Waals surface area contributed by atoms with E-state index < -0.39 is 0 Å². The first-order valence-electron chi connectivity index (χ1n) is 7.49. The second kappa shape index (κ2) is 4.59. The number of ether oxygens (including phenoxy) is 1. The van der Waals surface area contributed by atoms with Crippen molar-refractivity contribution in [1.82, 2.24) is 15.3 Å². The maximum Gasteiger partial charge on any atom is 0.252 e. The van der Waals surface area contributed by atoms with Crippen molar-refractivity contribution in [2.45, 2.75) is 19.4 Å². The summed E-state index contributed by atoms with van der Waals surface area (Å²) in [4.78, 5) is 19.6. The molecule has 0 fully saturated rings. The summed E-state index contributed by atoms with van der Waals surface area (Å²) in [6, 6.07) is 9.80. The second-order valence-electron chi connectivity index (χ2n) is 6.29. The van der Waals surface area contributed by atoms with E-state index in [0.29, 0.717) is 5.88 Å². The van der Waals surface area contributed by atoms with Crippen LogP contribution in [-0.2, 0) is 5.54 Å². The number of amides is 1. The van der Waals surface area contributed by atoms with Gasteiger partial charge in [-0.25, -0.2) is 0 Å². The van der Waals surface area contributed by atoms with E-state index in [1.807, 2.05) is 44.3 Å². The van der Waals surface area contributed by atoms with Gasteiger partial charge >= 0.3 is 0 Å². The van der Waals surface area contributed by atoms with Crippen LogP contribution < -0.4 is 10.1 Å². The van der Waals surface area contributed by atoms with Crippen molar-refractivity contribution >= 4 is 16.9 Å². The Hall–Kier alpha value is -2.82. The quantitative estimate of drug-likeness (QED) is 0.764. The molecule has 4 rings (SSSR count). The van der Waals surface area contributed by atoms with Gasteiger partial charge in [-0.2, -0.15) is 4.98 Å². The van der Waals surface area contributed by atoms with E-state index in [1.165, 1.54) is 0 Å². The normalized spacial score (nSPS) is 15.5. The summed E-state index contributed by atoms with van der Waals surface area (Å²) in [7, 11) is 1.60. The average Bonchev–Trinajstić information content (AvgIpc) is 3.05. The fourth-order valence-electron chi connectivity index (χ4n) is 3.18. The number of hydrogen-bond acceptors (Lipinski definition) is 3. The van der Waals surface area contributed by atoms with Crippen LogP contribution in [0.5, 0.6) is 5.88 Å². The lowest BCUT2D eigenvalue weighted by Gasteiger charge is -2.19. The van der Waals surface area contributed by atoms with Crippen LogP contribution in [0.15, 0.2) is 36.5 Å². The van der Waals surface area contributed by atoms with E-state index in [0.717, 1.165) is 33.3 Å². The molecule has 1 aliphatic heterocycles. The maximum absolute atomic E-state index is 12.0. The molecule has 1 amide bonds. The number of aromatic nitrogens is 2. The highest BCUT2D eigenvalue weighted by Gasteiger charge is 2.35. The van der Waals surface area contributed by atoms with Crippen LogP contribution in [0.2, 0.25) is 0 Å². The van der Waals surface area contributed by atoms with Crippen molar-refractivity contribution in [1.29, 1.82) is 0 Å². The zero-order valence-corrected chi connectivity index (χ0v) is 13.2. The summed E-state index contributed by atoms with van der Waals surface area (Å²) >= 11 is 0. The molecule has 3 aromatic rings. The van der Waals surface area contributed by atoms with Crippen LogP contribution >= 0.6 is 0 Å². The molecule has 5 nitrogen and oxygen atoms in total. The molecule has 5 heteroatoms. The fourth-order valence-corrected chi connectivity index (χ4v) is 3.18. The highest BCUT2D eigenvalue weighted by molar-refractivity contribution is 6.01. The van der Waals surface area contributed by atoms with E-state index in [1.54, 1.807) is 7.11 Å². The Morgan fingerprint density at radius 1 is 1.13 bits per heavy atom. The Labute approximate surface area is 133 Å². The molecule has 0 atom stereocenters. The van der Waals surface area contributed by atoms with Gasteiger partial charge in [-0.05, 0) is 43.2 Å². The second-order valence-corrected chi connectivity index (χ2v) is 6.29. The van der Waals surface area contributed by atoms with Gasteiger partial charge in [0.25, 0.3) is 5.91 Å². The van der Waals surface area contributed by atoms with E-state index in [4.69, 9.17) is 4.74 Å². The van der Waals surface area contributed by atoms with E-state index in [9.17, 15) is 4.79 Å². The zero-order chi connectivity index (χ0) is 16.2. The highest BCUT2D eigenvalue weighted by atomic mass is 16.5. The monoisotopic (exact) mass is 307 g/mol. The number of H-pyrrole nitrogens is 1. The van der Waals surface area contributed by atoms with Gasteiger partial charge in [-0.1, -0.05) is 6.07 Å². The molecule has 2 aromatic heterocycles. The number of pyridine rings is 1. The summed E-state index contributed by atoms with van der Waals surface area (Å²) in [5.41, 5.74) is 4.33. The summed E-state index contributed by atoms with van der Waals surface area (Å²) in [6.07, 6.45) is 1.94. The molecule has 0 radical (unpaired) electrons. The number of nitrogens with zero attached hydrogens (tertiary/aromatic N) is 1. The molecular formula is C18H17N3O2. The van der Waals surface area contributed by atoms with Crippen molar-refractivity contribution in [3.05, 3.63) is 47.7 Å². The standard InChI is InChI=1S/C18H17N3O2/c1-18(2)14-8-10(4-5-12(14)17(22)21-18)13-9-19-16-11(13)6-7-15(20-16)23-3/h4-9H,1-3H3,(H,19,20)(H,21,22). The molecule has 23 heavy (non-hydrogen) atoms. The Kier molecular flexibility index (Phi) is 2.75. The molecule has 0 saturated carbocycles. The van der Waals surface area contributed by atoms with E-state index >= 15 is 0 Å². The van der Waals surface area contributed by atoms with Crippen LogP contribution in [0, 0.1) is 0 Å². The van der Waals surface area contributed by atoms with Gasteiger partial charge in [0.2, 0.25) is 5.88 Å². The minimum Gasteiger partial charge on any atom is -0.481 e. The predicted octanol–water partition coefficient (Wildman–Crippen LogP) is 3.22. The summed E-state index contributed by atoms with van der Waals surface area (Å²) < 4.78 is 5.16.